The maximum atomic E-state index is 12.0. The smallest absolute Gasteiger partial charge is 0.243 e. The van der Waals surface area contributed by atoms with Crippen LogP contribution in [0.2, 0.25) is 5.02 Å². The monoisotopic (exact) mass is 297 g/mol. The summed E-state index contributed by atoms with van der Waals surface area (Å²) >= 11 is 5.83. The van der Waals surface area contributed by atoms with E-state index in [9.17, 15) is 8.42 Å². The van der Waals surface area contributed by atoms with Gasteiger partial charge < -0.3 is 0 Å². The molecule has 0 aliphatic rings. The molecule has 1 N–H and O–H groups in total. The number of halogens is 1. The average Bonchev–Trinajstić information content (AvgIpc) is 2.40. The van der Waals surface area contributed by atoms with Crippen molar-refractivity contribution in [3.8, 4) is 0 Å². The molecule has 2 aromatic heterocycles. The lowest BCUT2D eigenvalue weighted by Gasteiger charge is -2.07. The highest BCUT2D eigenvalue weighted by Gasteiger charge is 2.17. The first kappa shape index (κ1) is 13.9. The molecule has 2 rings (SSSR count). The summed E-state index contributed by atoms with van der Waals surface area (Å²) in [5, 5.41) is 0.153. The first-order chi connectivity index (χ1) is 9.09. The number of sulfonamides is 1. The van der Waals surface area contributed by atoms with Gasteiger partial charge in [-0.05, 0) is 18.2 Å². The lowest BCUT2D eigenvalue weighted by atomic mass is 10.3. The van der Waals surface area contributed by atoms with Gasteiger partial charge in [-0.15, -0.1) is 0 Å². The van der Waals surface area contributed by atoms with Crippen LogP contribution in [-0.4, -0.2) is 24.9 Å². The Morgan fingerprint density at radius 3 is 2.74 bits per heavy atom. The summed E-state index contributed by atoms with van der Waals surface area (Å²) in [6, 6.07) is 6.94. The molecular weight excluding hydrogens is 286 g/mol. The van der Waals surface area contributed by atoms with E-state index in [2.05, 4.69) is 14.7 Å². The lowest BCUT2D eigenvalue weighted by molar-refractivity contribution is 0.581. The Morgan fingerprint density at radius 2 is 2.05 bits per heavy atom. The summed E-state index contributed by atoms with van der Waals surface area (Å²) < 4.78 is 26.4. The van der Waals surface area contributed by atoms with E-state index >= 15 is 0 Å². The molecule has 0 amide bonds. The third-order valence-corrected chi connectivity index (χ3v) is 4.35. The molecule has 5 nitrogen and oxygen atoms in total. The van der Waals surface area contributed by atoms with Gasteiger partial charge in [-0.1, -0.05) is 17.7 Å². The highest BCUT2D eigenvalue weighted by Crippen LogP contribution is 2.18. The van der Waals surface area contributed by atoms with E-state index < -0.39 is 10.0 Å². The van der Waals surface area contributed by atoms with Gasteiger partial charge in [0.25, 0.3) is 0 Å². The van der Waals surface area contributed by atoms with Crippen molar-refractivity contribution >= 4 is 21.6 Å². The summed E-state index contributed by atoms with van der Waals surface area (Å²) in [5.41, 5.74) is 0.822. The van der Waals surface area contributed by atoms with Crippen molar-refractivity contribution in [1.82, 2.24) is 14.7 Å². The van der Waals surface area contributed by atoms with Crippen molar-refractivity contribution < 1.29 is 8.42 Å². The Labute approximate surface area is 116 Å². The zero-order valence-corrected chi connectivity index (χ0v) is 11.5. The molecule has 0 fully saturated rings. The fourth-order valence-electron chi connectivity index (χ4n) is 1.50. The molecule has 0 saturated carbocycles. The van der Waals surface area contributed by atoms with E-state index in [1.165, 1.54) is 18.5 Å². The number of aromatic nitrogens is 2. The summed E-state index contributed by atoms with van der Waals surface area (Å²) in [6.07, 6.45) is 4.85. The number of rotatable bonds is 5. The SMILES string of the molecule is O=S(=O)(NCCc1ccccn1)c1cnccc1Cl. The maximum Gasteiger partial charge on any atom is 0.243 e. The van der Waals surface area contributed by atoms with Gasteiger partial charge in [-0.2, -0.15) is 0 Å². The van der Waals surface area contributed by atoms with Crippen molar-refractivity contribution in [2.24, 2.45) is 0 Å². The van der Waals surface area contributed by atoms with Gasteiger partial charge in [-0.3, -0.25) is 9.97 Å². The molecule has 0 saturated heterocycles. The van der Waals surface area contributed by atoms with Crippen LogP contribution in [0.25, 0.3) is 0 Å². The molecule has 0 spiro atoms. The molecule has 0 atom stereocenters. The van der Waals surface area contributed by atoms with Crippen molar-refractivity contribution in [1.29, 1.82) is 0 Å². The Hall–Kier alpha value is -1.50. The highest BCUT2D eigenvalue weighted by molar-refractivity contribution is 7.89. The zero-order valence-electron chi connectivity index (χ0n) is 9.95. The van der Waals surface area contributed by atoms with Gasteiger partial charge in [0.15, 0.2) is 0 Å². The molecule has 0 bridgehead atoms. The minimum atomic E-state index is -3.63. The fraction of sp³-hybridized carbons (Fsp3) is 0.167. The van der Waals surface area contributed by atoms with Crippen LogP contribution in [0.3, 0.4) is 0 Å². The number of nitrogens with zero attached hydrogens (tertiary/aromatic N) is 2. The summed E-state index contributed by atoms with van der Waals surface area (Å²) in [5.74, 6) is 0. The molecule has 19 heavy (non-hydrogen) atoms. The van der Waals surface area contributed by atoms with E-state index in [4.69, 9.17) is 11.6 Å². The molecule has 0 unspecified atom stereocenters. The van der Waals surface area contributed by atoms with Crippen LogP contribution in [0.15, 0.2) is 47.8 Å². The second-order valence-electron chi connectivity index (χ2n) is 3.77. The van der Waals surface area contributed by atoms with Gasteiger partial charge in [0, 0.05) is 37.3 Å². The minimum Gasteiger partial charge on any atom is -0.263 e. The zero-order chi connectivity index (χ0) is 13.7. The van der Waals surface area contributed by atoms with Crippen LogP contribution in [0.5, 0.6) is 0 Å². The van der Waals surface area contributed by atoms with E-state index in [0.29, 0.717) is 6.42 Å². The van der Waals surface area contributed by atoms with Crippen LogP contribution in [0.1, 0.15) is 5.69 Å². The third kappa shape index (κ3) is 3.73. The largest absolute Gasteiger partial charge is 0.263 e. The predicted octanol–water partition coefficient (Wildman–Crippen LogP) is 1.65. The van der Waals surface area contributed by atoms with Gasteiger partial charge in [0.05, 0.1) is 5.02 Å². The molecule has 7 heteroatoms. The number of pyridine rings is 2. The minimum absolute atomic E-state index is 0.0160. The standard InChI is InChI=1S/C12H12ClN3O2S/c13-11-5-7-14-9-12(11)19(17,18)16-8-4-10-3-1-2-6-15-10/h1-3,5-7,9,16H,4,8H2. The summed E-state index contributed by atoms with van der Waals surface area (Å²) in [7, 11) is -3.63. The van der Waals surface area contributed by atoms with Gasteiger partial charge in [-0.25, -0.2) is 13.1 Å². The van der Waals surface area contributed by atoms with Crippen LogP contribution in [-0.2, 0) is 16.4 Å². The van der Waals surface area contributed by atoms with E-state index in [-0.39, 0.29) is 16.5 Å². The van der Waals surface area contributed by atoms with Crippen molar-refractivity contribution in [2.45, 2.75) is 11.3 Å². The molecule has 2 heterocycles. The molecular formula is C12H12ClN3O2S. The second-order valence-corrected chi connectivity index (χ2v) is 5.92. The first-order valence-electron chi connectivity index (χ1n) is 5.59. The summed E-state index contributed by atoms with van der Waals surface area (Å²) in [4.78, 5) is 7.86. The lowest BCUT2D eigenvalue weighted by Crippen LogP contribution is -2.26. The fourth-order valence-corrected chi connectivity index (χ4v) is 2.96. The van der Waals surface area contributed by atoms with E-state index in [0.717, 1.165) is 5.69 Å². The third-order valence-electron chi connectivity index (χ3n) is 2.42. The van der Waals surface area contributed by atoms with Crippen molar-refractivity contribution in [3.05, 3.63) is 53.6 Å². The number of hydrogen-bond donors (Lipinski definition) is 1. The molecule has 0 aromatic carbocycles. The molecule has 100 valence electrons. The molecule has 0 aliphatic carbocycles. The van der Waals surface area contributed by atoms with Crippen LogP contribution in [0.4, 0.5) is 0 Å². The highest BCUT2D eigenvalue weighted by atomic mass is 35.5. The maximum absolute atomic E-state index is 12.0. The van der Waals surface area contributed by atoms with Gasteiger partial charge in [0.1, 0.15) is 4.90 Å². The predicted molar refractivity (Wildman–Crippen MR) is 72.4 cm³/mol. The first-order valence-corrected chi connectivity index (χ1v) is 7.45. The van der Waals surface area contributed by atoms with E-state index in [1.807, 2.05) is 18.2 Å². The van der Waals surface area contributed by atoms with Gasteiger partial charge in [0.2, 0.25) is 10.0 Å². The Balaban J connectivity index is 2.01. The number of nitrogens with one attached hydrogen (secondary N) is 1. The molecule has 2 aromatic rings. The topological polar surface area (TPSA) is 72.0 Å². The summed E-state index contributed by atoms with van der Waals surface area (Å²) in [6.45, 7) is 0.255. The molecule has 0 radical (unpaired) electrons. The van der Waals surface area contributed by atoms with Crippen LogP contribution < -0.4 is 4.72 Å². The van der Waals surface area contributed by atoms with E-state index in [1.54, 1.807) is 6.20 Å². The van der Waals surface area contributed by atoms with Crippen molar-refractivity contribution in [3.63, 3.8) is 0 Å². The second kappa shape index (κ2) is 6.10. The Morgan fingerprint density at radius 1 is 1.21 bits per heavy atom. The van der Waals surface area contributed by atoms with Gasteiger partial charge >= 0.3 is 0 Å². The average molecular weight is 298 g/mol. The Bertz CT molecular complexity index is 647. The van der Waals surface area contributed by atoms with Crippen LogP contribution in [0, 0.1) is 0 Å². The van der Waals surface area contributed by atoms with Crippen molar-refractivity contribution in [2.75, 3.05) is 6.54 Å². The Kier molecular flexibility index (Phi) is 4.47. The number of hydrogen-bond acceptors (Lipinski definition) is 4. The van der Waals surface area contributed by atoms with Crippen LogP contribution >= 0.6 is 11.6 Å². The molecule has 0 aliphatic heterocycles. The quantitative estimate of drug-likeness (QED) is 0.911. The normalized spacial score (nSPS) is 11.4.